The highest BCUT2D eigenvalue weighted by atomic mass is 16.5. The average molecular weight is 236 g/mol. The molecule has 4 nitrogen and oxygen atoms in total. The van der Waals surface area contributed by atoms with Crippen LogP contribution in [0.15, 0.2) is 10.9 Å². The molecule has 94 valence electrons. The number of aromatic nitrogens is 2. The second kappa shape index (κ2) is 4.61. The standard InChI is InChI=1S/C13H20N2O2/c1-13(2,3)11-8-10(14-12(16)15-11)9-4-6-17-7-5-9/h8-9H,4-7H2,1-3H3,(H,14,15,16). The lowest BCUT2D eigenvalue weighted by atomic mass is 9.89. The van der Waals surface area contributed by atoms with Crippen molar-refractivity contribution in [1.29, 1.82) is 0 Å². The lowest BCUT2D eigenvalue weighted by Gasteiger charge is -2.24. The van der Waals surface area contributed by atoms with Gasteiger partial charge in [-0.05, 0) is 18.9 Å². The Morgan fingerprint density at radius 2 is 2.00 bits per heavy atom. The Kier molecular flexibility index (Phi) is 3.33. The fourth-order valence-corrected chi connectivity index (χ4v) is 2.09. The van der Waals surface area contributed by atoms with E-state index in [4.69, 9.17) is 4.74 Å². The Morgan fingerprint density at radius 1 is 1.35 bits per heavy atom. The molecule has 0 bridgehead atoms. The van der Waals surface area contributed by atoms with Gasteiger partial charge in [0.05, 0.1) is 5.69 Å². The van der Waals surface area contributed by atoms with E-state index in [1.165, 1.54) is 0 Å². The summed E-state index contributed by atoms with van der Waals surface area (Å²) in [6.07, 6.45) is 1.95. The van der Waals surface area contributed by atoms with Gasteiger partial charge < -0.3 is 9.72 Å². The minimum atomic E-state index is -0.237. The van der Waals surface area contributed by atoms with Crippen LogP contribution in [0.2, 0.25) is 0 Å². The van der Waals surface area contributed by atoms with Crippen LogP contribution < -0.4 is 5.69 Å². The molecule has 1 fully saturated rings. The Labute approximate surface area is 101 Å². The van der Waals surface area contributed by atoms with Gasteiger partial charge in [0.15, 0.2) is 0 Å². The van der Waals surface area contributed by atoms with Gasteiger partial charge in [-0.25, -0.2) is 4.79 Å². The van der Waals surface area contributed by atoms with Gasteiger partial charge in [0.1, 0.15) is 0 Å². The van der Waals surface area contributed by atoms with Crippen LogP contribution in [0, 0.1) is 0 Å². The zero-order valence-electron chi connectivity index (χ0n) is 10.7. The molecule has 17 heavy (non-hydrogen) atoms. The Balaban J connectivity index is 2.34. The van der Waals surface area contributed by atoms with E-state index < -0.39 is 0 Å². The van der Waals surface area contributed by atoms with Crippen molar-refractivity contribution < 1.29 is 4.74 Å². The summed E-state index contributed by atoms with van der Waals surface area (Å²) in [5.41, 5.74) is 1.55. The third-order valence-electron chi connectivity index (χ3n) is 3.20. The van der Waals surface area contributed by atoms with Crippen molar-refractivity contribution in [3.05, 3.63) is 27.9 Å². The van der Waals surface area contributed by atoms with E-state index in [0.717, 1.165) is 37.4 Å². The molecule has 1 aliphatic rings. The minimum absolute atomic E-state index is 0.0891. The predicted molar refractivity (Wildman–Crippen MR) is 66.4 cm³/mol. The molecule has 1 aliphatic heterocycles. The van der Waals surface area contributed by atoms with Gasteiger partial charge in [-0.2, -0.15) is 4.98 Å². The lowest BCUT2D eigenvalue weighted by molar-refractivity contribution is 0.0844. The van der Waals surface area contributed by atoms with E-state index in [1.54, 1.807) is 0 Å². The number of nitrogens with one attached hydrogen (secondary N) is 1. The number of hydrogen-bond donors (Lipinski definition) is 1. The van der Waals surface area contributed by atoms with Gasteiger partial charge in [0, 0.05) is 30.2 Å². The first-order chi connectivity index (χ1) is 7.97. The molecule has 2 rings (SSSR count). The molecule has 0 unspecified atom stereocenters. The summed E-state index contributed by atoms with van der Waals surface area (Å²) in [4.78, 5) is 18.5. The Morgan fingerprint density at radius 3 is 2.59 bits per heavy atom. The summed E-state index contributed by atoms with van der Waals surface area (Å²) in [5.74, 6) is 0.403. The molecular formula is C13H20N2O2. The maximum absolute atomic E-state index is 11.6. The van der Waals surface area contributed by atoms with Crippen LogP contribution >= 0.6 is 0 Å². The quantitative estimate of drug-likeness (QED) is 0.811. The van der Waals surface area contributed by atoms with Crippen molar-refractivity contribution in [2.75, 3.05) is 13.2 Å². The summed E-state index contributed by atoms with van der Waals surface area (Å²) in [5, 5.41) is 0. The van der Waals surface area contributed by atoms with Gasteiger partial charge in [0.2, 0.25) is 0 Å². The number of H-pyrrole nitrogens is 1. The first-order valence-corrected chi connectivity index (χ1v) is 6.16. The molecule has 1 saturated heterocycles. The smallest absolute Gasteiger partial charge is 0.345 e. The Bertz CT molecular complexity index is 439. The highest BCUT2D eigenvalue weighted by Crippen LogP contribution is 2.27. The third-order valence-corrected chi connectivity index (χ3v) is 3.20. The topological polar surface area (TPSA) is 55.0 Å². The van der Waals surface area contributed by atoms with Crippen molar-refractivity contribution in [2.24, 2.45) is 0 Å². The predicted octanol–water partition coefficient (Wildman–Crippen LogP) is 1.96. The zero-order chi connectivity index (χ0) is 12.5. The van der Waals surface area contributed by atoms with E-state index in [1.807, 2.05) is 6.07 Å². The van der Waals surface area contributed by atoms with E-state index in [2.05, 4.69) is 30.7 Å². The van der Waals surface area contributed by atoms with Gasteiger partial charge in [0.25, 0.3) is 0 Å². The summed E-state index contributed by atoms with van der Waals surface area (Å²) < 4.78 is 5.34. The second-order valence-electron chi connectivity index (χ2n) is 5.66. The first-order valence-electron chi connectivity index (χ1n) is 6.16. The second-order valence-corrected chi connectivity index (χ2v) is 5.66. The summed E-state index contributed by atoms with van der Waals surface area (Å²) in [7, 11) is 0. The molecule has 0 amide bonds. The molecule has 0 aromatic carbocycles. The molecule has 2 heterocycles. The molecule has 0 spiro atoms. The molecule has 0 aliphatic carbocycles. The average Bonchev–Trinajstić information content (AvgIpc) is 2.28. The van der Waals surface area contributed by atoms with Crippen LogP contribution in [0.3, 0.4) is 0 Å². The van der Waals surface area contributed by atoms with Crippen LogP contribution in [0.1, 0.15) is 50.9 Å². The zero-order valence-corrected chi connectivity index (χ0v) is 10.7. The molecule has 1 N–H and O–H groups in total. The number of hydrogen-bond acceptors (Lipinski definition) is 3. The molecule has 4 heteroatoms. The largest absolute Gasteiger partial charge is 0.381 e. The summed E-state index contributed by atoms with van der Waals surface area (Å²) in [6, 6.07) is 2.04. The van der Waals surface area contributed by atoms with Crippen molar-refractivity contribution in [1.82, 2.24) is 9.97 Å². The molecule has 0 saturated carbocycles. The highest BCUT2D eigenvalue weighted by Gasteiger charge is 2.21. The number of aromatic amines is 1. The molecule has 0 radical (unpaired) electrons. The van der Waals surface area contributed by atoms with Crippen molar-refractivity contribution in [3.63, 3.8) is 0 Å². The summed E-state index contributed by atoms with van der Waals surface area (Å²) >= 11 is 0. The van der Waals surface area contributed by atoms with Crippen LogP contribution in [0.5, 0.6) is 0 Å². The normalized spacial score (nSPS) is 18.3. The van der Waals surface area contributed by atoms with Gasteiger partial charge in [-0.15, -0.1) is 0 Å². The lowest BCUT2D eigenvalue weighted by Crippen LogP contribution is -2.25. The van der Waals surface area contributed by atoms with E-state index in [-0.39, 0.29) is 11.1 Å². The molecular weight excluding hydrogens is 216 g/mol. The third kappa shape index (κ3) is 2.94. The van der Waals surface area contributed by atoms with Gasteiger partial charge in [-0.3, -0.25) is 0 Å². The number of nitrogens with zero attached hydrogens (tertiary/aromatic N) is 1. The minimum Gasteiger partial charge on any atom is -0.381 e. The number of rotatable bonds is 1. The van der Waals surface area contributed by atoms with Gasteiger partial charge in [-0.1, -0.05) is 20.8 Å². The van der Waals surface area contributed by atoms with Crippen LogP contribution in [0.4, 0.5) is 0 Å². The highest BCUT2D eigenvalue weighted by molar-refractivity contribution is 5.18. The van der Waals surface area contributed by atoms with E-state index in [9.17, 15) is 4.79 Å². The summed E-state index contributed by atoms with van der Waals surface area (Å²) in [6.45, 7) is 7.77. The Hall–Kier alpha value is -1.16. The van der Waals surface area contributed by atoms with Crippen LogP contribution in [-0.2, 0) is 10.2 Å². The van der Waals surface area contributed by atoms with E-state index >= 15 is 0 Å². The van der Waals surface area contributed by atoms with Crippen molar-refractivity contribution in [3.8, 4) is 0 Å². The van der Waals surface area contributed by atoms with Gasteiger partial charge >= 0.3 is 5.69 Å². The van der Waals surface area contributed by atoms with E-state index in [0.29, 0.717) is 5.92 Å². The molecule has 1 aromatic heterocycles. The maximum Gasteiger partial charge on any atom is 0.345 e. The molecule has 0 atom stereocenters. The maximum atomic E-state index is 11.6. The van der Waals surface area contributed by atoms with Crippen molar-refractivity contribution >= 4 is 0 Å². The molecule has 1 aromatic rings. The van der Waals surface area contributed by atoms with Crippen LogP contribution in [-0.4, -0.2) is 23.2 Å². The first kappa shape index (κ1) is 12.3. The SMILES string of the molecule is CC(C)(C)c1cc(C2CCOCC2)[nH]c(=O)n1. The van der Waals surface area contributed by atoms with Crippen molar-refractivity contribution in [2.45, 2.75) is 44.9 Å². The monoisotopic (exact) mass is 236 g/mol. The van der Waals surface area contributed by atoms with Crippen LogP contribution in [0.25, 0.3) is 0 Å². The fraction of sp³-hybridized carbons (Fsp3) is 0.692. The fourth-order valence-electron chi connectivity index (χ4n) is 2.09. The number of ether oxygens (including phenoxy) is 1.